The van der Waals surface area contributed by atoms with Gasteiger partial charge < -0.3 is 14.8 Å². The Kier molecular flexibility index (Phi) is 5.63. The lowest BCUT2D eigenvalue weighted by Gasteiger charge is -2.12. The summed E-state index contributed by atoms with van der Waals surface area (Å²) in [5, 5.41) is 16.7. The van der Waals surface area contributed by atoms with Crippen molar-refractivity contribution in [2.75, 3.05) is 12.4 Å². The summed E-state index contributed by atoms with van der Waals surface area (Å²) >= 11 is 1.68. The van der Waals surface area contributed by atoms with Gasteiger partial charge in [0.05, 0.1) is 23.7 Å². The van der Waals surface area contributed by atoms with E-state index in [0.717, 1.165) is 27.0 Å². The number of nitrogens with one attached hydrogen (secondary N) is 1. The first-order valence-corrected chi connectivity index (χ1v) is 12.2. The summed E-state index contributed by atoms with van der Waals surface area (Å²) in [7, 11) is 1.60. The van der Waals surface area contributed by atoms with E-state index in [9.17, 15) is 0 Å². The number of rotatable bonds is 6. The molecule has 6 rings (SSSR count). The number of anilines is 2. The molecular weight excluding hydrogens is 470 g/mol. The molecular formula is C28H21N5O2S. The molecule has 0 fully saturated rings. The number of pyridine rings is 2. The minimum absolute atomic E-state index is 0.625. The van der Waals surface area contributed by atoms with E-state index in [0.29, 0.717) is 34.1 Å². The molecule has 0 radical (unpaired) electrons. The number of methoxy groups -OCH3 is 1. The van der Waals surface area contributed by atoms with Crippen molar-refractivity contribution in [3.05, 3.63) is 90.1 Å². The van der Waals surface area contributed by atoms with Crippen molar-refractivity contribution < 1.29 is 9.47 Å². The summed E-state index contributed by atoms with van der Waals surface area (Å²) in [6.07, 6.45) is 3.35. The molecule has 0 bridgehead atoms. The second kappa shape index (κ2) is 9.24. The number of ether oxygens (including phenoxy) is 2. The third-order valence-corrected chi connectivity index (χ3v) is 6.80. The molecule has 4 heterocycles. The van der Waals surface area contributed by atoms with Crippen molar-refractivity contribution in [3.8, 4) is 27.8 Å². The molecule has 0 saturated carbocycles. The lowest BCUT2D eigenvalue weighted by molar-refractivity contribution is 0.413. The van der Waals surface area contributed by atoms with E-state index in [4.69, 9.17) is 9.47 Å². The third kappa shape index (κ3) is 4.18. The fraction of sp³-hybridized carbons (Fsp3) is 0.0714. The monoisotopic (exact) mass is 491 g/mol. The first kappa shape index (κ1) is 21.9. The molecule has 4 aromatic heterocycles. The predicted molar refractivity (Wildman–Crippen MR) is 143 cm³/mol. The van der Waals surface area contributed by atoms with Gasteiger partial charge in [0.25, 0.3) is 0 Å². The number of hydrogen-bond acceptors (Lipinski definition) is 8. The standard InChI is InChI=1S/C28H21N5O2S/c1-17-13-25(36-16-17)26-21-5-3-4-6-22(21)28(33-32-26)31-18-7-9-19(10-8-18)35-24-11-12-29-23-14-20(34-2)15-30-27(23)24/h3-16H,1-2H3,(H,31,33). The molecule has 1 N–H and O–H groups in total. The molecule has 36 heavy (non-hydrogen) atoms. The van der Waals surface area contributed by atoms with E-state index in [1.54, 1.807) is 36.9 Å². The predicted octanol–water partition coefficient (Wildman–Crippen LogP) is 7.15. The van der Waals surface area contributed by atoms with Crippen LogP contribution in [0.3, 0.4) is 0 Å². The molecule has 0 amide bonds. The molecule has 0 aliphatic carbocycles. The van der Waals surface area contributed by atoms with Gasteiger partial charge in [-0.1, -0.05) is 24.3 Å². The number of thiophene rings is 1. The maximum Gasteiger partial charge on any atom is 0.161 e. The van der Waals surface area contributed by atoms with E-state index in [-0.39, 0.29) is 0 Å². The summed E-state index contributed by atoms with van der Waals surface area (Å²) < 4.78 is 11.3. The Morgan fingerprint density at radius 3 is 2.47 bits per heavy atom. The van der Waals surface area contributed by atoms with Gasteiger partial charge in [-0.15, -0.1) is 21.5 Å². The summed E-state index contributed by atoms with van der Waals surface area (Å²) in [4.78, 5) is 9.91. The number of fused-ring (bicyclic) bond motifs is 2. The molecule has 0 aliphatic heterocycles. The average molecular weight is 492 g/mol. The third-order valence-electron chi connectivity index (χ3n) is 5.75. The highest BCUT2D eigenvalue weighted by Crippen LogP contribution is 2.35. The van der Waals surface area contributed by atoms with Gasteiger partial charge in [-0.3, -0.25) is 4.98 Å². The molecule has 7 nitrogen and oxygen atoms in total. The zero-order valence-electron chi connectivity index (χ0n) is 19.6. The normalized spacial score (nSPS) is 11.1. The molecule has 0 saturated heterocycles. The van der Waals surface area contributed by atoms with Crippen LogP contribution in [-0.2, 0) is 0 Å². The lowest BCUT2D eigenvalue weighted by Crippen LogP contribution is -1.99. The maximum absolute atomic E-state index is 6.11. The molecule has 0 unspecified atom stereocenters. The second-order valence-electron chi connectivity index (χ2n) is 8.23. The van der Waals surface area contributed by atoms with Gasteiger partial charge in [-0.05, 0) is 48.2 Å². The van der Waals surface area contributed by atoms with Crippen molar-refractivity contribution in [3.63, 3.8) is 0 Å². The van der Waals surface area contributed by atoms with Crippen molar-refractivity contribution >= 4 is 44.6 Å². The van der Waals surface area contributed by atoms with E-state index in [2.05, 4.69) is 56.0 Å². The van der Waals surface area contributed by atoms with Crippen molar-refractivity contribution in [1.29, 1.82) is 0 Å². The fourth-order valence-corrected chi connectivity index (χ4v) is 4.88. The van der Waals surface area contributed by atoms with Crippen LogP contribution in [0.2, 0.25) is 0 Å². The zero-order chi connectivity index (χ0) is 24.5. The van der Waals surface area contributed by atoms with Crippen LogP contribution < -0.4 is 14.8 Å². The Morgan fingerprint density at radius 1 is 0.861 bits per heavy atom. The molecule has 2 aromatic carbocycles. The maximum atomic E-state index is 6.11. The van der Waals surface area contributed by atoms with Crippen LogP contribution in [0.1, 0.15) is 5.56 Å². The van der Waals surface area contributed by atoms with Gasteiger partial charge in [0.15, 0.2) is 11.6 Å². The first-order chi connectivity index (χ1) is 17.7. The highest BCUT2D eigenvalue weighted by Gasteiger charge is 2.13. The van der Waals surface area contributed by atoms with Crippen LogP contribution in [0.15, 0.2) is 84.5 Å². The highest BCUT2D eigenvalue weighted by atomic mass is 32.1. The van der Waals surface area contributed by atoms with Crippen LogP contribution in [0.25, 0.3) is 32.4 Å². The minimum atomic E-state index is 0.625. The molecule has 6 aromatic rings. The average Bonchev–Trinajstić information content (AvgIpc) is 3.35. The first-order valence-electron chi connectivity index (χ1n) is 11.3. The zero-order valence-corrected chi connectivity index (χ0v) is 20.4. The second-order valence-corrected chi connectivity index (χ2v) is 9.15. The van der Waals surface area contributed by atoms with Crippen LogP contribution in [-0.4, -0.2) is 27.3 Å². The van der Waals surface area contributed by atoms with Crippen molar-refractivity contribution in [2.24, 2.45) is 0 Å². The molecule has 0 aliphatic rings. The van der Waals surface area contributed by atoms with Gasteiger partial charge in [-0.25, -0.2) is 4.98 Å². The molecule has 176 valence electrons. The summed E-state index contributed by atoms with van der Waals surface area (Å²) in [6.45, 7) is 2.09. The van der Waals surface area contributed by atoms with Gasteiger partial charge >= 0.3 is 0 Å². The summed E-state index contributed by atoms with van der Waals surface area (Å²) in [6, 6.07) is 21.6. The minimum Gasteiger partial charge on any atom is -0.495 e. The molecule has 0 atom stereocenters. The Labute approximate surface area is 211 Å². The largest absolute Gasteiger partial charge is 0.495 e. The number of benzene rings is 2. The number of nitrogens with zero attached hydrogens (tertiary/aromatic N) is 4. The Balaban J connectivity index is 1.26. The van der Waals surface area contributed by atoms with E-state index in [1.165, 1.54) is 5.56 Å². The van der Waals surface area contributed by atoms with E-state index < -0.39 is 0 Å². The molecule has 8 heteroatoms. The number of aryl methyl sites for hydroxylation is 1. The SMILES string of the molecule is COc1cnc2c(Oc3ccc(Nc4nnc(-c5cc(C)cs5)c5ccccc45)cc3)ccnc2c1. The Bertz CT molecular complexity index is 1700. The fourth-order valence-electron chi connectivity index (χ4n) is 3.98. The Hall–Kier alpha value is -4.56. The Morgan fingerprint density at radius 2 is 1.69 bits per heavy atom. The van der Waals surface area contributed by atoms with E-state index in [1.807, 2.05) is 42.5 Å². The van der Waals surface area contributed by atoms with Crippen LogP contribution >= 0.6 is 11.3 Å². The van der Waals surface area contributed by atoms with Crippen LogP contribution in [0, 0.1) is 6.92 Å². The smallest absolute Gasteiger partial charge is 0.161 e. The summed E-state index contributed by atoms with van der Waals surface area (Å²) in [5.41, 5.74) is 4.37. The number of aromatic nitrogens is 4. The van der Waals surface area contributed by atoms with Gasteiger partial charge in [0.1, 0.15) is 22.7 Å². The summed E-state index contributed by atoms with van der Waals surface area (Å²) in [5.74, 6) is 2.66. The van der Waals surface area contributed by atoms with Crippen molar-refractivity contribution in [2.45, 2.75) is 6.92 Å². The number of hydrogen-bond donors (Lipinski definition) is 1. The van der Waals surface area contributed by atoms with Gasteiger partial charge in [0, 0.05) is 34.8 Å². The van der Waals surface area contributed by atoms with Gasteiger partial charge in [-0.2, -0.15) is 0 Å². The van der Waals surface area contributed by atoms with Crippen molar-refractivity contribution in [1.82, 2.24) is 20.2 Å². The molecule has 0 spiro atoms. The topological polar surface area (TPSA) is 82.0 Å². The van der Waals surface area contributed by atoms with E-state index >= 15 is 0 Å². The lowest BCUT2D eigenvalue weighted by atomic mass is 10.1. The van der Waals surface area contributed by atoms with Crippen LogP contribution in [0.4, 0.5) is 11.5 Å². The van der Waals surface area contributed by atoms with Crippen LogP contribution in [0.5, 0.6) is 17.2 Å². The highest BCUT2D eigenvalue weighted by molar-refractivity contribution is 7.13. The quantitative estimate of drug-likeness (QED) is 0.265. The van der Waals surface area contributed by atoms with Gasteiger partial charge in [0.2, 0.25) is 0 Å².